The van der Waals surface area contributed by atoms with Gasteiger partial charge in [-0.1, -0.05) is 66.7 Å². The maximum Gasteiger partial charge on any atom is 0.425 e. The summed E-state index contributed by atoms with van der Waals surface area (Å²) in [6.07, 6.45) is 2.40. The van der Waals surface area contributed by atoms with Gasteiger partial charge in [0, 0.05) is 23.1 Å². The molecule has 7 nitrogen and oxygen atoms in total. The van der Waals surface area contributed by atoms with Crippen LogP contribution in [0, 0.1) is 13.8 Å². The zero-order valence-electron chi connectivity index (χ0n) is 21.1. The minimum atomic E-state index is -0.595. The highest BCUT2D eigenvalue weighted by molar-refractivity contribution is 6.03. The molecule has 1 aromatic heterocycles. The molecular formula is C31H27N5O2. The Balaban J connectivity index is 1.69. The second-order valence-electron chi connectivity index (χ2n) is 8.81. The lowest BCUT2D eigenvalue weighted by Crippen LogP contribution is -2.31. The Labute approximate surface area is 221 Å². The molecule has 7 heteroatoms. The van der Waals surface area contributed by atoms with Crippen LogP contribution in [0.5, 0.6) is 5.75 Å². The first-order valence-corrected chi connectivity index (χ1v) is 12.2. The molecule has 0 radical (unpaired) electrons. The molecule has 0 aliphatic rings. The monoisotopic (exact) mass is 501 g/mol. The van der Waals surface area contributed by atoms with E-state index in [9.17, 15) is 4.79 Å². The van der Waals surface area contributed by atoms with Gasteiger partial charge < -0.3 is 15.8 Å². The Bertz CT molecular complexity index is 1550. The normalized spacial score (nSPS) is 10.6. The number of rotatable bonds is 6. The van der Waals surface area contributed by atoms with Crippen molar-refractivity contribution < 1.29 is 9.53 Å². The molecule has 1 heterocycles. The third kappa shape index (κ3) is 5.17. The van der Waals surface area contributed by atoms with Gasteiger partial charge in [0.15, 0.2) is 0 Å². The van der Waals surface area contributed by atoms with Crippen molar-refractivity contribution in [3.8, 4) is 16.9 Å². The van der Waals surface area contributed by atoms with E-state index in [-0.39, 0.29) is 0 Å². The quantitative estimate of drug-likeness (QED) is 0.235. The van der Waals surface area contributed by atoms with E-state index in [0.717, 1.165) is 27.9 Å². The van der Waals surface area contributed by atoms with E-state index < -0.39 is 6.09 Å². The predicted octanol–water partition coefficient (Wildman–Crippen LogP) is 7.42. The number of nitrogens with zero attached hydrogens (tertiary/aromatic N) is 3. The molecule has 0 saturated carbocycles. The molecule has 5 rings (SSSR count). The van der Waals surface area contributed by atoms with E-state index in [2.05, 4.69) is 15.3 Å². The van der Waals surface area contributed by atoms with Crippen LogP contribution in [0.4, 0.5) is 33.4 Å². The number of carbonyl (C=O) groups is 1. The summed E-state index contributed by atoms with van der Waals surface area (Å²) in [6, 6.07) is 30.6. The van der Waals surface area contributed by atoms with Gasteiger partial charge in [0.05, 0.1) is 11.4 Å². The summed E-state index contributed by atoms with van der Waals surface area (Å²) in [6.45, 7) is 3.82. The second-order valence-corrected chi connectivity index (χ2v) is 8.81. The Morgan fingerprint density at radius 1 is 0.868 bits per heavy atom. The van der Waals surface area contributed by atoms with Crippen LogP contribution in [0.3, 0.4) is 0 Å². The van der Waals surface area contributed by atoms with Gasteiger partial charge in [-0.2, -0.15) is 0 Å². The van der Waals surface area contributed by atoms with Gasteiger partial charge in [0.25, 0.3) is 0 Å². The summed E-state index contributed by atoms with van der Waals surface area (Å²) in [5.74, 6) is 0.887. The lowest BCUT2D eigenvalue weighted by molar-refractivity contribution is 0.209. The van der Waals surface area contributed by atoms with E-state index >= 15 is 0 Å². The summed E-state index contributed by atoms with van der Waals surface area (Å²) < 4.78 is 6.00. The third-order valence-corrected chi connectivity index (χ3v) is 6.10. The largest absolute Gasteiger partial charge is 0.425 e. The van der Waals surface area contributed by atoms with E-state index in [1.54, 1.807) is 12.3 Å². The number of amides is 1. The number of nitrogens with two attached hydrogens (primary N) is 1. The summed E-state index contributed by atoms with van der Waals surface area (Å²) in [5, 5.41) is 3.50. The van der Waals surface area contributed by atoms with E-state index in [4.69, 9.17) is 10.5 Å². The molecule has 0 aliphatic heterocycles. The number of carbonyl (C=O) groups excluding carboxylic acids is 1. The highest BCUT2D eigenvalue weighted by Crippen LogP contribution is 2.41. The van der Waals surface area contributed by atoms with Gasteiger partial charge in [0.2, 0.25) is 0 Å². The number of para-hydroxylation sites is 2. The molecule has 0 aliphatic carbocycles. The van der Waals surface area contributed by atoms with Crippen LogP contribution in [-0.2, 0) is 0 Å². The van der Waals surface area contributed by atoms with Gasteiger partial charge in [0.1, 0.15) is 17.9 Å². The number of aryl methyl sites for hydroxylation is 2. The van der Waals surface area contributed by atoms with Crippen LogP contribution in [0.15, 0.2) is 110 Å². The molecule has 4 aromatic carbocycles. The van der Waals surface area contributed by atoms with Crippen molar-refractivity contribution in [2.75, 3.05) is 16.0 Å². The van der Waals surface area contributed by atoms with Gasteiger partial charge in [-0.05, 0) is 60.9 Å². The topological polar surface area (TPSA) is 93.4 Å². The number of hydrogen-bond donors (Lipinski definition) is 2. The molecule has 188 valence electrons. The number of nitrogens with one attached hydrogen (secondary N) is 1. The fraction of sp³-hybridized carbons (Fsp3) is 0.0645. The number of anilines is 5. The molecule has 0 spiro atoms. The van der Waals surface area contributed by atoms with Gasteiger partial charge >= 0.3 is 6.09 Å². The first-order chi connectivity index (χ1) is 18.5. The van der Waals surface area contributed by atoms with E-state index in [1.807, 2.05) is 105 Å². The standard InChI is InChI=1S/C31H27N5O2/c1-21-9-6-10-22(2)30(21)38-31(37)36(28-17-18-33-20-34-28)27-16-8-15-26(23-11-4-3-5-12-23)29(27)35-25-14-7-13-24(32)19-25/h3-20,35H,32H2,1-2H3. The minimum Gasteiger partial charge on any atom is -0.409 e. The molecule has 38 heavy (non-hydrogen) atoms. The van der Waals surface area contributed by atoms with Crippen molar-refractivity contribution in [1.82, 2.24) is 9.97 Å². The Morgan fingerprint density at radius 2 is 1.61 bits per heavy atom. The van der Waals surface area contributed by atoms with Gasteiger partial charge in [-0.25, -0.2) is 19.7 Å². The van der Waals surface area contributed by atoms with Crippen LogP contribution in [-0.4, -0.2) is 16.1 Å². The number of aromatic nitrogens is 2. The van der Waals surface area contributed by atoms with Crippen molar-refractivity contribution in [2.45, 2.75) is 13.8 Å². The average Bonchev–Trinajstić information content (AvgIpc) is 2.93. The summed E-state index contributed by atoms with van der Waals surface area (Å²) in [7, 11) is 0. The molecular weight excluding hydrogens is 474 g/mol. The van der Waals surface area contributed by atoms with Crippen LogP contribution in [0.2, 0.25) is 0 Å². The molecule has 5 aromatic rings. The predicted molar refractivity (Wildman–Crippen MR) is 152 cm³/mol. The SMILES string of the molecule is Cc1cccc(C)c1OC(=O)N(c1ccncn1)c1cccc(-c2ccccc2)c1Nc1cccc(N)c1. The van der Waals surface area contributed by atoms with E-state index in [0.29, 0.717) is 28.6 Å². The molecule has 0 bridgehead atoms. The fourth-order valence-corrected chi connectivity index (χ4v) is 4.30. The van der Waals surface area contributed by atoms with Crippen LogP contribution >= 0.6 is 0 Å². The Morgan fingerprint density at radius 3 is 2.32 bits per heavy atom. The van der Waals surface area contributed by atoms with Gasteiger partial charge in [-0.15, -0.1) is 0 Å². The zero-order valence-corrected chi connectivity index (χ0v) is 21.1. The maximum absolute atomic E-state index is 13.9. The number of benzene rings is 4. The minimum absolute atomic E-state index is 0.372. The third-order valence-electron chi connectivity index (χ3n) is 6.10. The second kappa shape index (κ2) is 10.8. The zero-order chi connectivity index (χ0) is 26.5. The fourth-order valence-electron chi connectivity index (χ4n) is 4.30. The number of nitrogen functional groups attached to an aromatic ring is 1. The molecule has 0 atom stereocenters. The Hall–Kier alpha value is -5.17. The summed E-state index contributed by atoms with van der Waals surface area (Å²) in [5.41, 5.74) is 12.3. The lowest BCUT2D eigenvalue weighted by atomic mass is 10.0. The van der Waals surface area contributed by atoms with Crippen LogP contribution in [0.1, 0.15) is 11.1 Å². The van der Waals surface area contributed by atoms with Crippen molar-refractivity contribution in [1.29, 1.82) is 0 Å². The smallest absolute Gasteiger partial charge is 0.409 e. The van der Waals surface area contributed by atoms with Crippen molar-refractivity contribution in [2.24, 2.45) is 0 Å². The lowest BCUT2D eigenvalue weighted by Gasteiger charge is -2.26. The van der Waals surface area contributed by atoms with Crippen molar-refractivity contribution >= 4 is 34.7 Å². The highest BCUT2D eigenvalue weighted by atomic mass is 16.6. The first kappa shape index (κ1) is 24.5. The van der Waals surface area contributed by atoms with Crippen LogP contribution < -0.4 is 20.7 Å². The summed E-state index contributed by atoms with van der Waals surface area (Å²) in [4.78, 5) is 23.8. The van der Waals surface area contributed by atoms with Gasteiger partial charge in [-0.3, -0.25) is 0 Å². The molecule has 0 fully saturated rings. The number of ether oxygens (including phenoxy) is 1. The molecule has 3 N–H and O–H groups in total. The van der Waals surface area contributed by atoms with Crippen molar-refractivity contribution in [3.63, 3.8) is 0 Å². The molecule has 1 amide bonds. The molecule has 0 saturated heterocycles. The average molecular weight is 502 g/mol. The maximum atomic E-state index is 13.9. The molecule has 0 unspecified atom stereocenters. The highest BCUT2D eigenvalue weighted by Gasteiger charge is 2.27. The summed E-state index contributed by atoms with van der Waals surface area (Å²) >= 11 is 0. The van der Waals surface area contributed by atoms with Crippen molar-refractivity contribution in [3.05, 3.63) is 121 Å². The number of hydrogen-bond acceptors (Lipinski definition) is 6. The van der Waals surface area contributed by atoms with Crippen LogP contribution in [0.25, 0.3) is 11.1 Å². The first-order valence-electron chi connectivity index (χ1n) is 12.2. The van der Waals surface area contributed by atoms with E-state index in [1.165, 1.54) is 11.2 Å². The Kier molecular flexibility index (Phi) is 6.99.